The lowest BCUT2D eigenvalue weighted by atomic mass is 9.72. The number of carbonyl (C=O) groups excluding carboxylic acids is 1. The molecule has 0 aromatic carbocycles. The molecular formula is C13H22N4O2. The molecule has 0 aromatic rings. The van der Waals surface area contributed by atoms with E-state index < -0.39 is 0 Å². The molecule has 2 fully saturated rings. The van der Waals surface area contributed by atoms with E-state index in [0.29, 0.717) is 12.3 Å². The first kappa shape index (κ1) is 14.2. The Hall–Kier alpha value is -1.26. The van der Waals surface area contributed by atoms with Crippen LogP contribution in [-0.4, -0.2) is 43.2 Å². The molecule has 0 bridgehead atoms. The van der Waals surface area contributed by atoms with Crippen molar-refractivity contribution in [3.8, 4) is 0 Å². The Bertz CT molecular complexity index is 382. The van der Waals surface area contributed by atoms with Crippen molar-refractivity contribution in [3.63, 3.8) is 0 Å². The third-order valence-corrected chi connectivity index (χ3v) is 4.24. The molecule has 1 unspecified atom stereocenters. The molecule has 0 saturated carbocycles. The van der Waals surface area contributed by atoms with Crippen LogP contribution in [0.2, 0.25) is 0 Å². The maximum Gasteiger partial charge on any atom is 0.306 e. The van der Waals surface area contributed by atoms with Crippen LogP contribution >= 0.6 is 0 Å². The van der Waals surface area contributed by atoms with E-state index in [1.807, 2.05) is 0 Å². The van der Waals surface area contributed by atoms with Gasteiger partial charge in [-0.2, -0.15) is 0 Å². The van der Waals surface area contributed by atoms with Crippen LogP contribution in [0.25, 0.3) is 10.4 Å². The highest BCUT2D eigenvalue weighted by Crippen LogP contribution is 2.44. The summed E-state index contributed by atoms with van der Waals surface area (Å²) in [4.78, 5) is 16.8. The summed E-state index contributed by atoms with van der Waals surface area (Å²) in [6.07, 6.45) is 2.17. The van der Waals surface area contributed by atoms with Crippen molar-refractivity contribution in [2.24, 2.45) is 16.4 Å². The number of ether oxygens (including phenoxy) is 1. The number of cyclic esters (lactones) is 1. The van der Waals surface area contributed by atoms with Crippen molar-refractivity contribution in [1.82, 2.24) is 4.90 Å². The highest BCUT2D eigenvalue weighted by molar-refractivity contribution is 5.73. The fourth-order valence-corrected chi connectivity index (χ4v) is 3.26. The zero-order valence-electron chi connectivity index (χ0n) is 11.7. The van der Waals surface area contributed by atoms with E-state index in [9.17, 15) is 4.79 Å². The van der Waals surface area contributed by atoms with Crippen LogP contribution in [0.3, 0.4) is 0 Å². The number of nitrogens with zero attached hydrogens (tertiary/aromatic N) is 4. The van der Waals surface area contributed by atoms with Gasteiger partial charge in [-0.1, -0.05) is 19.0 Å². The van der Waals surface area contributed by atoms with Gasteiger partial charge in [0, 0.05) is 16.9 Å². The fraction of sp³-hybridized carbons (Fsp3) is 0.923. The summed E-state index contributed by atoms with van der Waals surface area (Å²) >= 11 is 0. The van der Waals surface area contributed by atoms with Gasteiger partial charge in [-0.3, -0.25) is 4.79 Å². The SMILES string of the molecule is CC(C)CN1CCC2(CC1)CC(=O)OC2CN=[N+]=[N-]. The number of rotatable bonds is 4. The average Bonchev–Trinajstić information content (AvgIpc) is 2.65. The van der Waals surface area contributed by atoms with E-state index in [0.717, 1.165) is 32.5 Å². The largest absolute Gasteiger partial charge is 0.462 e. The van der Waals surface area contributed by atoms with Gasteiger partial charge in [0.1, 0.15) is 6.10 Å². The van der Waals surface area contributed by atoms with Crippen LogP contribution in [-0.2, 0) is 9.53 Å². The fourth-order valence-electron chi connectivity index (χ4n) is 3.26. The topological polar surface area (TPSA) is 78.3 Å². The molecule has 2 aliphatic heterocycles. The molecule has 6 heteroatoms. The Balaban J connectivity index is 1.98. The van der Waals surface area contributed by atoms with Crippen molar-refractivity contribution < 1.29 is 9.53 Å². The van der Waals surface area contributed by atoms with Gasteiger partial charge in [-0.15, -0.1) is 0 Å². The Morgan fingerprint density at radius 3 is 2.79 bits per heavy atom. The van der Waals surface area contributed by atoms with Crippen molar-refractivity contribution in [2.45, 2.75) is 39.2 Å². The molecule has 2 heterocycles. The summed E-state index contributed by atoms with van der Waals surface area (Å²) in [7, 11) is 0. The molecule has 2 aliphatic rings. The minimum absolute atomic E-state index is 0.0985. The molecule has 106 valence electrons. The van der Waals surface area contributed by atoms with Gasteiger partial charge in [0.05, 0.1) is 13.0 Å². The number of hydrogen-bond donors (Lipinski definition) is 0. The highest BCUT2D eigenvalue weighted by Gasteiger charge is 2.49. The summed E-state index contributed by atoms with van der Waals surface area (Å²) in [5.41, 5.74) is 8.33. The molecular weight excluding hydrogens is 244 g/mol. The predicted molar refractivity (Wildman–Crippen MR) is 71.5 cm³/mol. The van der Waals surface area contributed by atoms with E-state index in [1.54, 1.807) is 0 Å². The Kier molecular flexibility index (Phi) is 4.32. The van der Waals surface area contributed by atoms with Crippen LogP contribution in [0, 0.1) is 11.3 Å². The molecule has 2 rings (SSSR count). The molecule has 6 nitrogen and oxygen atoms in total. The van der Waals surface area contributed by atoms with E-state index in [-0.39, 0.29) is 24.0 Å². The number of likely N-dealkylation sites (tertiary alicyclic amines) is 1. The minimum atomic E-state index is -0.225. The third kappa shape index (κ3) is 3.19. The average molecular weight is 266 g/mol. The third-order valence-electron chi connectivity index (χ3n) is 4.24. The van der Waals surface area contributed by atoms with E-state index in [2.05, 4.69) is 28.8 Å². The second kappa shape index (κ2) is 5.80. The lowest BCUT2D eigenvalue weighted by Gasteiger charge is -2.41. The van der Waals surface area contributed by atoms with Gasteiger partial charge in [-0.25, -0.2) is 0 Å². The second-order valence-electron chi connectivity index (χ2n) is 6.13. The van der Waals surface area contributed by atoms with Crippen molar-refractivity contribution >= 4 is 5.97 Å². The summed E-state index contributed by atoms with van der Waals surface area (Å²) in [5, 5.41) is 3.59. The van der Waals surface area contributed by atoms with Gasteiger partial charge in [0.2, 0.25) is 0 Å². The van der Waals surface area contributed by atoms with Crippen LogP contribution in [0.1, 0.15) is 33.1 Å². The van der Waals surface area contributed by atoms with Crippen molar-refractivity contribution in [3.05, 3.63) is 10.4 Å². The molecule has 0 N–H and O–H groups in total. The number of azide groups is 1. The van der Waals surface area contributed by atoms with Crippen LogP contribution in [0.5, 0.6) is 0 Å². The quantitative estimate of drug-likeness (QED) is 0.339. The molecule has 1 atom stereocenters. The van der Waals surface area contributed by atoms with Crippen LogP contribution in [0.15, 0.2) is 5.11 Å². The molecule has 2 saturated heterocycles. The monoisotopic (exact) mass is 266 g/mol. The Labute approximate surface area is 113 Å². The number of piperidine rings is 1. The Morgan fingerprint density at radius 1 is 1.53 bits per heavy atom. The van der Waals surface area contributed by atoms with Gasteiger partial charge in [-0.05, 0) is 37.4 Å². The smallest absolute Gasteiger partial charge is 0.306 e. The van der Waals surface area contributed by atoms with Gasteiger partial charge >= 0.3 is 5.97 Å². The molecule has 0 aliphatic carbocycles. The standard InChI is InChI=1S/C13H22N4O2/c1-10(2)9-17-5-3-13(4-6-17)7-12(18)19-11(13)8-15-16-14/h10-11H,3-9H2,1-2H3. The predicted octanol–water partition coefficient (Wildman–Crippen LogP) is 2.35. The summed E-state index contributed by atoms with van der Waals surface area (Å²) in [6.45, 7) is 7.82. The molecule has 0 amide bonds. The van der Waals surface area contributed by atoms with E-state index >= 15 is 0 Å². The number of carbonyl (C=O) groups is 1. The lowest BCUT2D eigenvalue weighted by Crippen LogP contribution is -2.45. The first-order chi connectivity index (χ1) is 9.05. The van der Waals surface area contributed by atoms with Gasteiger partial charge in [0.15, 0.2) is 0 Å². The van der Waals surface area contributed by atoms with Crippen molar-refractivity contribution in [2.75, 3.05) is 26.2 Å². The molecule has 1 spiro atoms. The van der Waals surface area contributed by atoms with Crippen LogP contribution in [0.4, 0.5) is 0 Å². The maximum absolute atomic E-state index is 11.6. The summed E-state index contributed by atoms with van der Waals surface area (Å²) < 4.78 is 5.35. The minimum Gasteiger partial charge on any atom is -0.462 e. The Morgan fingerprint density at radius 2 is 2.21 bits per heavy atom. The summed E-state index contributed by atoms with van der Waals surface area (Å²) in [6, 6.07) is 0. The van der Waals surface area contributed by atoms with E-state index in [4.69, 9.17) is 10.3 Å². The van der Waals surface area contributed by atoms with Gasteiger partial charge < -0.3 is 9.64 Å². The molecule has 0 radical (unpaired) electrons. The normalized spacial score (nSPS) is 26.5. The second-order valence-corrected chi connectivity index (χ2v) is 6.13. The summed E-state index contributed by atoms with van der Waals surface area (Å²) in [5.74, 6) is 0.518. The first-order valence-corrected chi connectivity index (χ1v) is 6.98. The zero-order chi connectivity index (χ0) is 13.9. The first-order valence-electron chi connectivity index (χ1n) is 6.98. The van der Waals surface area contributed by atoms with Crippen LogP contribution < -0.4 is 0 Å². The lowest BCUT2D eigenvalue weighted by molar-refractivity contribution is -0.141. The highest BCUT2D eigenvalue weighted by atomic mass is 16.6. The van der Waals surface area contributed by atoms with Gasteiger partial charge in [0.25, 0.3) is 0 Å². The van der Waals surface area contributed by atoms with Crippen molar-refractivity contribution in [1.29, 1.82) is 0 Å². The molecule has 19 heavy (non-hydrogen) atoms. The molecule has 0 aromatic heterocycles. The van der Waals surface area contributed by atoms with E-state index in [1.165, 1.54) is 0 Å². The number of hydrogen-bond acceptors (Lipinski definition) is 4. The number of esters is 1. The zero-order valence-corrected chi connectivity index (χ0v) is 11.7. The maximum atomic E-state index is 11.6.